The number of anilines is 1. The minimum atomic E-state index is -0.518. The van der Waals surface area contributed by atoms with E-state index in [1.165, 1.54) is 18.2 Å². The maximum absolute atomic E-state index is 12.6. The van der Waals surface area contributed by atoms with Crippen molar-refractivity contribution < 1.29 is 14.5 Å². The molecule has 2 saturated heterocycles. The molecule has 9 heteroatoms. The van der Waals surface area contributed by atoms with Gasteiger partial charge in [-0.15, -0.1) is 0 Å². The Morgan fingerprint density at radius 3 is 2.56 bits per heavy atom. The summed E-state index contributed by atoms with van der Waals surface area (Å²) in [6.45, 7) is 3.63. The van der Waals surface area contributed by atoms with E-state index in [0.29, 0.717) is 11.7 Å². The molecule has 1 aromatic rings. The number of likely N-dealkylation sites (tertiary alicyclic amines) is 1. The van der Waals surface area contributed by atoms with E-state index >= 15 is 0 Å². The molecule has 1 aromatic carbocycles. The molecular weight excluding hydrogens is 372 g/mol. The fourth-order valence-electron chi connectivity index (χ4n) is 3.78. The van der Waals surface area contributed by atoms with Gasteiger partial charge in [-0.05, 0) is 31.7 Å². The molecule has 2 heterocycles. The summed E-state index contributed by atoms with van der Waals surface area (Å²) < 4.78 is 5.43. The number of nitro groups is 1. The van der Waals surface area contributed by atoms with Gasteiger partial charge in [-0.3, -0.25) is 10.1 Å². The Kier molecular flexibility index (Phi) is 6.51. The molecule has 2 aliphatic rings. The summed E-state index contributed by atoms with van der Waals surface area (Å²) in [4.78, 5) is 27.0. The van der Waals surface area contributed by atoms with E-state index < -0.39 is 4.92 Å². The lowest BCUT2D eigenvalue weighted by Crippen LogP contribution is -2.50. The van der Waals surface area contributed by atoms with Crippen molar-refractivity contribution in [2.75, 3.05) is 38.7 Å². The van der Waals surface area contributed by atoms with E-state index in [0.717, 1.165) is 52.0 Å². The highest BCUT2D eigenvalue weighted by Crippen LogP contribution is 2.27. The fraction of sp³-hybridized carbons (Fsp3) is 0.611. The van der Waals surface area contributed by atoms with E-state index in [1.54, 1.807) is 11.9 Å². The summed E-state index contributed by atoms with van der Waals surface area (Å²) >= 11 is 6.06. The molecule has 148 valence electrons. The van der Waals surface area contributed by atoms with E-state index in [2.05, 4.69) is 10.2 Å². The Balaban J connectivity index is 1.53. The predicted octanol–water partition coefficient (Wildman–Crippen LogP) is 3.36. The van der Waals surface area contributed by atoms with Crippen molar-refractivity contribution >= 4 is 29.0 Å². The van der Waals surface area contributed by atoms with Crippen molar-refractivity contribution in [3.05, 3.63) is 33.3 Å². The Morgan fingerprint density at radius 2 is 1.96 bits per heavy atom. The Hall–Kier alpha value is -1.90. The molecule has 0 saturated carbocycles. The van der Waals surface area contributed by atoms with Crippen molar-refractivity contribution in [2.24, 2.45) is 0 Å². The van der Waals surface area contributed by atoms with E-state index in [9.17, 15) is 14.9 Å². The van der Waals surface area contributed by atoms with Crippen LogP contribution in [-0.4, -0.2) is 66.2 Å². The summed E-state index contributed by atoms with van der Waals surface area (Å²) in [5.74, 6) is 0. The number of halogens is 1. The zero-order valence-corrected chi connectivity index (χ0v) is 16.2. The number of ether oxygens (including phenoxy) is 1. The molecule has 0 spiro atoms. The van der Waals surface area contributed by atoms with E-state index in [-0.39, 0.29) is 22.8 Å². The smallest absolute Gasteiger partial charge is 0.321 e. The monoisotopic (exact) mass is 396 g/mol. The number of carbonyl (C=O) groups excluding carboxylic acids is 1. The average Bonchev–Trinajstić information content (AvgIpc) is 2.69. The summed E-state index contributed by atoms with van der Waals surface area (Å²) in [5.41, 5.74) is 0.269. The SMILES string of the molecule is CN(C(=O)Nc1ccc([N+](=O)[O-])cc1Cl)C1CCN(C2CCOCC2)CC1. The van der Waals surface area contributed by atoms with Crippen LogP contribution in [0.15, 0.2) is 18.2 Å². The van der Waals surface area contributed by atoms with Crippen LogP contribution in [0.5, 0.6) is 0 Å². The van der Waals surface area contributed by atoms with Crippen LogP contribution in [0.2, 0.25) is 5.02 Å². The second-order valence-electron chi connectivity index (χ2n) is 7.07. The van der Waals surface area contributed by atoms with Gasteiger partial charge in [-0.25, -0.2) is 4.79 Å². The van der Waals surface area contributed by atoms with Crippen LogP contribution < -0.4 is 5.32 Å². The molecule has 0 aromatic heterocycles. The van der Waals surface area contributed by atoms with Crippen LogP contribution >= 0.6 is 11.6 Å². The molecule has 27 heavy (non-hydrogen) atoms. The van der Waals surface area contributed by atoms with Crippen molar-refractivity contribution in [1.82, 2.24) is 9.80 Å². The fourth-order valence-corrected chi connectivity index (χ4v) is 4.00. The van der Waals surface area contributed by atoms with Gasteiger partial charge in [0.15, 0.2) is 0 Å². The highest BCUT2D eigenvalue weighted by atomic mass is 35.5. The van der Waals surface area contributed by atoms with Crippen molar-refractivity contribution in [1.29, 1.82) is 0 Å². The molecule has 0 aliphatic carbocycles. The molecule has 2 amide bonds. The minimum Gasteiger partial charge on any atom is -0.381 e. The molecule has 1 N–H and O–H groups in total. The molecular formula is C18H25ClN4O4. The first kappa shape index (κ1) is 19.9. The number of nitrogens with one attached hydrogen (secondary N) is 1. The third-order valence-electron chi connectivity index (χ3n) is 5.48. The summed E-state index contributed by atoms with van der Waals surface area (Å²) in [6, 6.07) is 4.53. The van der Waals surface area contributed by atoms with Gasteiger partial charge in [0, 0.05) is 57.6 Å². The van der Waals surface area contributed by atoms with Gasteiger partial charge in [0.1, 0.15) is 0 Å². The van der Waals surface area contributed by atoms with Crippen LogP contribution in [0.4, 0.5) is 16.2 Å². The molecule has 2 aliphatic heterocycles. The third-order valence-corrected chi connectivity index (χ3v) is 5.79. The molecule has 2 fully saturated rings. The van der Waals surface area contributed by atoms with Crippen LogP contribution in [0.25, 0.3) is 0 Å². The number of nitro benzene ring substituents is 1. The average molecular weight is 397 g/mol. The lowest BCUT2D eigenvalue weighted by atomic mass is 9.99. The van der Waals surface area contributed by atoms with Crippen molar-refractivity contribution in [3.8, 4) is 0 Å². The topological polar surface area (TPSA) is 88.0 Å². The number of carbonyl (C=O) groups is 1. The van der Waals surface area contributed by atoms with Crippen molar-refractivity contribution in [3.63, 3.8) is 0 Å². The van der Waals surface area contributed by atoms with Gasteiger partial charge in [-0.1, -0.05) is 11.6 Å². The minimum absolute atomic E-state index is 0.105. The molecule has 0 bridgehead atoms. The van der Waals surface area contributed by atoms with Crippen LogP contribution in [0.1, 0.15) is 25.7 Å². The highest BCUT2D eigenvalue weighted by Gasteiger charge is 2.29. The first-order valence-corrected chi connectivity index (χ1v) is 9.63. The quantitative estimate of drug-likeness (QED) is 0.622. The van der Waals surface area contributed by atoms with Gasteiger partial charge in [0.2, 0.25) is 0 Å². The maximum atomic E-state index is 12.6. The first-order chi connectivity index (χ1) is 13.0. The number of non-ortho nitro benzene ring substituents is 1. The number of nitrogens with zero attached hydrogens (tertiary/aromatic N) is 3. The van der Waals surface area contributed by atoms with Crippen LogP contribution in [-0.2, 0) is 4.74 Å². The Bertz CT molecular complexity index is 688. The number of benzene rings is 1. The Labute approximate surface area is 163 Å². The lowest BCUT2D eigenvalue weighted by Gasteiger charge is -2.41. The van der Waals surface area contributed by atoms with E-state index in [4.69, 9.17) is 16.3 Å². The number of rotatable bonds is 4. The number of hydrogen-bond acceptors (Lipinski definition) is 5. The first-order valence-electron chi connectivity index (χ1n) is 9.25. The molecule has 8 nitrogen and oxygen atoms in total. The number of hydrogen-bond donors (Lipinski definition) is 1. The van der Waals surface area contributed by atoms with Gasteiger partial charge in [0.05, 0.1) is 15.6 Å². The normalized spacial score (nSPS) is 19.6. The maximum Gasteiger partial charge on any atom is 0.321 e. The lowest BCUT2D eigenvalue weighted by molar-refractivity contribution is -0.384. The van der Waals surface area contributed by atoms with Crippen LogP contribution in [0.3, 0.4) is 0 Å². The highest BCUT2D eigenvalue weighted by molar-refractivity contribution is 6.33. The van der Waals surface area contributed by atoms with Crippen LogP contribution in [0, 0.1) is 10.1 Å². The molecule has 0 atom stereocenters. The molecule has 0 unspecified atom stereocenters. The largest absolute Gasteiger partial charge is 0.381 e. The zero-order valence-electron chi connectivity index (χ0n) is 15.4. The number of urea groups is 1. The summed E-state index contributed by atoms with van der Waals surface area (Å²) in [5, 5.41) is 13.7. The van der Waals surface area contributed by atoms with E-state index in [1.807, 2.05) is 0 Å². The molecule has 3 rings (SSSR count). The van der Waals surface area contributed by atoms with Gasteiger partial charge in [-0.2, -0.15) is 0 Å². The Morgan fingerprint density at radius 1 is 1.30 bits per heavy atom. The third kappa shape index (κ3) is 4.88. The zero-order chi connectivity index (χ0) is 19.4. The second-order valence-corrected chi connectivity index (χ2v) is 7.48. The summed E-state index contributed by atoms with van der Waals surface area (Å²) in [6.07, 6.45) is 4.02. The summed E-state index contributed by atoms with van der Waals surface area (Å²) in [7, 11) is 1.78. The number of piperidine rings is 1. The van der Waals surface area contributed by atoms with Gasteiger partial charge in [0.25, 0.3) is 5.69 Å². The van der Waals surface area contributed by atoms with Gasteiger partial charge < -0.3 is 19.9 Å². The van der Waals surface area contributed by atoms with Crippen molar-refractivity contribution in [2.45, 2.75) is 37.8 Å². The number of amides is 2. The standard InChI is InChI=1S/C18H25ClN4O4/c1-21(13-4-8-22(9-5-13)14-6-10-27-11-7-14)18(24)20-17-3-2-15(23(25)26)12-16(17)19/h2-3,12-14H,4-11H2,1H3,(H,20,24). The second kappa shape index (κ2) is 8.86. The predicted molar refractivity (Wildman–Crippen MR) is 103 cm³/mol. The molecule has 0 radical (unpaired) electrons. The van der Waals surface area contributed by atoms with Gasteiger partial charge >= 0.3 is 6.03 Å².